The molecule has 0 unspecified atom stereocenters. The summed E-state index contributed by atoms with van der Waals surface area (Å²) in [5.74, 6) is 0.723. The van der Waals surface area contributed by atoms with Crippen LogP contribution in [-0.4, -0.2) is 48.8 Å². The number of carbonyl (C=O) groups is 1. The van der Waals surface area contributed by atoms with E-state index >= 15 is 0 Å². The Balaban J connectivity index is 4.43. The van der Waals surface area contributed by atoms with Crippen LogP contribution in [0, 0.1) is 5.92 Å². The van der Waals surface area contributed by atoms with Crippen LogP contribution < -0.4 is 16.0 Å². The quantitative estimate of drug-likeness (QED) is 0.264. The van der Waals surface area contributed by atoms with Gasteiger partial charge in [0.2, 0.25) is 5.91 Å². The van der Waals surface area contributed by atoms with Gasteiger partial charge < -0.3 is 21.1 Å². The SMILES string of the molecule is CCCC(O)(CCC)CN=C(NCC)NCCNC(=O)C(C)C. The number of nitrogens with zero attached hydrogens (tertiary/aromatic N) is 1. The molecule has 0 radical (unpaired) electrons. The van der Waals surface area contributed by atoms with Crippen molar-refractivity contribution < 1.29 is 9.90 Å². The molecule has 0 saturated carbocycles. The fraction of sp³-hybridized carbons (Fsp3) is 0.882. The first-order valence-electron chi connectivity index (χ1n) is 8.90. The van der Waals surface area contributed by atoms with Crippen molar-refractivity contribution in [1.29, 1.82) is 0 Å². The molecule has 1 amide bonds. The van der Waals surface area contributed by atoms with Crippen molar-refractivity contribution in [2.24, 2.45) is 10.9 Å². The number of guanidine groups is 1. The summed E-state index contributed by atoms with van der Waals surface area (Å²) in [7, 11) is 0. The van der Waals surface area contributed by atoms with E-state index in [4.69, 9.17) is 0 Å². The van der Waals surface area contributed by atoms with Crippen molar-refractivity contribution in [3.8, 4) is 0 Å². The van der Waals surface area contributed by atoms with Gasteiger partial charge in [-0.3, -0.25) is 9.79 Å². The third-order valence-corrected chi connectivity index (χ3v) is 3.55. The van der Waals surface area contributed by atoms with E-state index in [0.29, 0.717) is 25.6 Å². The molecule has 0 aliphatic rings. The number of nitrogens with one attached hydrogen (secondary N) is 3. The highest BCUT2D eigenvalue weighted by atomic mass is 16.3. The molecule has 0 aromatic rings. The number of hydrogen-bond donors (Lipinski definition) is 4. The van der Waals surface area contributed by atoms with Gasteiger partial charge >= 0.3 is 0 Å². The first-order chi connectivity index (χ1) is 10.9. The molecule has 0 rings (SSSR count). The number of amides is 1. The van der Waals surface area contributed by atoms with Gasteiger partial charge in [0, 0.05) is 25.6 Å². The topological polar surface area (TPSA) is 85.8 Å². The minimum absolute atomic E-state index is 0.00463. The van der Waals surface area contributed by atoms with E-state index in [1.165, 1.54) is 0 Å². The Kier molecular flexibility index (Phi) is 11.5. The second-order valence-electron chi connectivity index (χ2n) is 6.29. The molecule has 0 aliphatic heterocycles. The molecule has 0 fully saturated rings. The second-order valence-corrected chi connectivity index (χ2v) is 6.29. The number of aliphatic imine (C=N–C) groups is 1. The normalized spacial score (nSPS) is 12.4. The summed E-state index contributed by atoms with van der Waals surface area (Å²) in [4.78, 5) is 16.0. The number of aliphatic hydroxyl groups is 1. The Morgan fingerprint density at radius 3 is 2.09 bits per heavy atom. The van der Waals surface area contributed by atoms with Crippen molar-refractivity contribution in [3.05, 3.63) is 0 Å². The smallest absolute Gasteiger partial charge is 0.222 e. The Morgan fingerprint density at radius 1 is 1.04 bits per heavy atom. The third-order valence-electron chi connectivity index (χ3n) is 3.55. The molecule has 0 bridgehead atoms. The van der Waals surface area contributed by atoms with Crippen LogP contribution in [0.25, 0.3) is 0 Å². The Bertz CT molecular complexity index is 351. The lowest BCUT2D eigenvalue weighted by molar-refractivity contribution is -0.123. The van der Waals surface area contributed by atoms with Crippen molar-refractivity contribution in [3.63, 3.8) is 0 Å². The zero-order valence-corrected chi connectivity index (χ0v) is 15.5. The average Bonchev–Trinajstić information content (AvgIpc) is 2.49. The molecule has 23 heavy (non-hydrogen) atoms. The van der Waals surface area contributed by atoms with E-state index in [1.807, 2.05) is 20.8 Å². The van der Waals surface area contributed by atoms with E-state index in [-0.39, 0.29) is 11.8 Å². The Morgan fingerprint density at radius 2 is 1.61 bits per heavy atom. The predicted molar refractivity (Wildman–Crippen MR) is 96.6 cm³/mol. The average molecular weight is 329 g/mol. The molecule has 0 saturated heterocycles. The predicted octanol–water partition coefficient (Wildman–Crippen LogP) is 1.65. The summed E-state index contributed by atoms with van der Waals surface area (Å²) in [6, 6.07) is 0. The van der Waals surface area contributed by atoms with Crippen molar-refractivity contribution in [1.82, 2.24) is 16.0 Å². The largest absolute Gasteiger partial charge is 0.388 e. The highest BCUT2D eigenvalue weighted by molar-refractivity contribution is 5.80. The molecule has 4 N–H and O–H groups in total. The van der Waals surface area contributed by atoms with Crippen LogP contribution in [0.2, 0.25) is 0 Å². The van der Waals surface area contributed by atoms with E-state index in [9.17, 15) is 9.90 Å². The number of carbonyl (C=O) groups excluding carboxylic acids is 1. The lowest BCUT2D eigenvalue weighted by atomic mass is 9.93. The van der Waals surface area contributed by atoms with E-state index in [0.717, 1.165) is 32.2 Å². The summed E-state index contributed by atoms with van der Waals surface area (Å²) < 4.78 is 0. The minimum atomic E-state index is -0.724. The second kappa shape index (κ2) is 12.2. The molecule has 0 aliphatic carbocycles. The number of rotatable bonds is 11. The molecule has 0 aromatic carbocycles. The molecule has 6 nitrogen and oxygen atoms in total. The van der Waals surface area contributed by atoms with Crippen LogP contribution in [0.3, 0.4) is 0 Å². The first-order valence-corrected chi connectivity index (χ1v) is 8.90. The molecular formula is C17H36N4O2. The monoisotopic (exact) mass is 328 g/mol. The van der Waals surface area contributed by atoms with Gasteiger partial charge in [0.25, 0.3) is 0 Å². The zero-order valence-electron chi connectivity index (χ0n) is 15.5. The minimum Gasteiger partial charge on any atom is -0.388 e. The molecule has 0 aromatic heterocycles. The molecule has 0 atom stereocenters. The zero-order chi connectivity index (χ0) is 17.7. The summed E-state index contributed by atoms with van der Waals surface area (Å²) in [6.07, 6.45) is 3.40. The maximum Gasteiger partial charge on any atom is 0.222 e. The standard InChI is InChI=1S/C17H36N4O2/c1-6-9-17(23,10-7-2)13-21-16(18-8-3)20-12-11-19-15(22)14(4)5/h14,23H,6-13H2,1-5H3,(H,19,22)(H2,18,20,21). The Hall–Kier alpha value is -1.30. The lowest BCUT2D eigenvalue weighted by Crippen LogP contribution is -2.43. The van der Waals surface area contributed by atoms with Gasteiger partial charge in [0.05, 0.1) is 12.1 Å². The molecule has 6 heteroatoms. The van der Waals surface area contributed by atoms with Crippen LogP contribution in [0.15, 0.2) is 4.99 Å². The van der Waals surface area contributed by atoms with Crippen LogP contribution >= 0.6 is 0 Å². The number of hydrogen-bond acceptors (Lipinski definition) is 3. The third kappa shape index (κ3) is 10.2. The van der Waals surface area contributed by atoms with Crippen molar-refractivity contribution in [2.45, 2.75) is 65.9 Å². The maximum atomic E-state index is 11.5. The first kappa shape index (κ1) is 21.7. The molecule has 136 valence electrons. The molecule has 0 spiro atoms. The van der Waals surface area contributed by atoms with Gasteiger partial charge in [-0.05, 0) is 19.8 Å². The van der Waals surface area contributed by atoms with Gasteiger partial charge in [-0.1, -0.05) is 40.5 Å². The Labute approximate surface area is 141 Å². The highest BCUT2D eigenvalue weighted by Crippen LogP contribution is 2.19. The summed E-state index contributed by atoms with van der Waals surface area (Å²) in [5.41, 5.74) is -0.724. The van der Waals surface area contributed by atoms with Crippen LogP contribution in [0.1, 0.15) is 60.3 Å². The summed E-state index contributed by atoms with van der Waals surface area (Å²) in [6.45, 7) is 12.2. The summed E-state index contributed by atoms with van der Waals surface area (Å²) in [5, 5.41) is 19.8. The summed E-state index contributed by atoms with van der Waals surface area (Å²) >= 11 is 0. The van der Waals surface area contributed by atoms with Gasteiger partial charge in [0.15, 0.2) is 5.96 Å². The van der Waals surface area contributed by atoms with E-state index in [2.05, 4.69) is 34.8 Å². The van der Waals surface area contributed by atoms with Crippen molar-refractivity contribution in [2.75, 3.05) is 26.2 Å². The van der Waals surface area contributed by atoms with Gasteiger partial charge in [-0.25, -0.2) is 0 Å². The lowest BCUT2D eigenvalue weighted by Gasteiger charge is -2.26. The van der Waals surface area contributed by atoms with Crippen LogP contribution in [0.5, 0.6) is 0 Å². The maximum absolute atomic E-state index is 11.5. The highest BCUT2D eigenvalue weighted by Gasteiger charge is 2.24. The molecule has 0 heterocycles. The fourth-order valence-corrected chi connectivity index (χ4v) is 2.35. The van der Waals surface area contributed by atoms with Crippen LogP contribution in [0.4, 0.5) is 0 Å². The molecular weight excluding hydrogens is 292 g/mol. The van der Waals surface area contributed by atoms with E-state index < -0.39 is 5.60 Å². The van der Waals surface area contributed by atoms with Crippen LogP contribution in [-0.2, 0) is 4.79 Å². The van der Waals surface area contributed by atoms with Crippen molar-refractivity contribution >= 4 is 11.9 Å². The van der Waals surface area contributed by atoms with Gasteiger partial charge in [-0.15, -0.1) is 0 Å². The van der Waals surface area contributed by atoms with Gasteiger partial charge in [-0.2, -0.15) is 0 Å². The van der Waals surface area contributed by atoms with E-state index in [1.54, 1.807) is 0 Å². The van der Waals surface area contributed by atoms with Gasteiger partial charge in [0.1, 0.15) is 0 Å². The fourth-order valence-electron chi connectivity index (χ4n) is 2.35.